The molecule has 2 heterocycles. The van der Waals surface area contributed by atoms with Gasteiger partial charge in [-0.2, -0.15) is 0 Å². The second-order valence-corrected chi connectivity index (χ2v) is 6.57. The number of hydrogen-bond donors (Lipinski definition) is 2. The van der Waals surface area contributed by atoms with Crippen molar-refractivity contribution in [1.82, 2.24) is 4.98 Å². The molecule has 0 spiro atoms. The van der Waals surface area contributed by atoms with E-state index in [9.17, 15) is 4.79 Å². The van der Waals surface area contributed by atoms with Gasteiger partial charge in [0, 0.05) is 19.0 Å². The fourth-order valence-corrected chi connectivity index (χ4v) is 3.46. The lowest BCUT2D eigenvalue weighted by Gasteiger charge is -2.24. The van der Waals surface area contributed by atoms with Crippen LogP contribution in [0.5, 0.6) is 0 Å². The van der Waals surface area contributed by atoms with Crippen LogP contribution in [0.3, 0.4) is 0 Å². The fraction of sp³-hybridized carbons (Fsp3) is 0.667. The SMILES string of the molecule is CCCCC(=O)c1cc2c(c(NC3CCCC3)n1)NCCC2. The number of carbonyl (C=O) groups is 1. The Morgan fingerprint density at radius 2 is 2.18 bits per heavy atom. The molecule has 1 aliphatic heterocycles. The molecule has 22 heavy (non-hydrogen) atoms. The number of unbranched alkanes of at least 4 members (excludes halogenated alkanes) is 1. The van der Waals surface area contributed by atoms with Crippen molar-refractivity contribution in [3.05, 3.63) is 17.3 Å². The van der Waals surface area contributed by atoms with Crippen molar-refractivity contribution in [3.63, 3.8) is 0 Å². The summed E-state index contributed by atoms with van der Waals surface area (Å²) in [6.45, 7) is 3.11. The molecule has 4 heteroatoms. The van der Waals surface area contributed by atoms with Crippen LogP contribution in [-0.2, 0) is 6.42 Å². The van der Waals surface area contributed by atoms with Gasteiger partial charge in [-0.15, -0.1) is 0 Å². The molecule has 0 unspecified atom stereocenters. The number of Topliss-reactive ketones (excluding diaryl/α,β-unsaturated/α-hetero) is 1. The summed E-state index contributed by atoms with van der Waals surface area (Å²) in [5.41, 5.74) is 3.03. The zero-order valence-corrected chi connectivity index (χ0v) is 13.6. The summed E-state index contributed by atoms with van der Waals surface area (Å²) in [5, 5.41) is 7.07. The predicted octanol–water partition coefficient (Wildman–Crippen LogP) is 4.17. The molecule has 0 bridgehead atoms. The summed E-state index contributed by atoms with van der Waals surface area (Å²) in [7, 11) is 0. The molecule has 0 saturated heterocycles. The Hall–Kier alpha value is -1.58. The fourth-order valence-electron chi connectivity index (χ4n) is 3.46. The molecule has 0 atom stereocenters. The molecule has 1 saturated carbocycles. The highest BCUT2D eigenvalue weighted by molar-refractivity contribution is 5.95. The van der Waals surface area contributed by atoms with E-state index >= 15 is 0 Å². The highest BCUT2D eigenvalue weighted by Gasteiger charge is 2.22. The van der Waals surface area contributed by atoms with Gasteiger partial charge in [0.05, 0.1) is 5.69 Å². The van der Waals surface area contributed by atoms with Gasteiger partial charge in [-0.25, -0.2) is 4.98 Å². The summed E-state index contributed by atoms with van der Waals surface area (Å²) in [6.07, 6.45) is 9.78. The van der Waals surface area contributed by atoms with Gasteiger partial charge in [0.15, 0.2) is 11.6 Å². The van der Waals surface area contributed by atoms with Crippen molar-refractivity contribution in [1.29, 1.82) is 0 Å². The van der Waals surface area contributed by atoms with Crippen LogP contribution in [-0.4, -0.2) is 23.4 Å². The van der Waals surface area contributed by atoms with Gasteiger partial charge in [-0.3, -0.25) is 4.79 Å². The minimum absolute atomic E-state index is 0.185. The van der Waals surface area contributed by atoms with E-state index in [0.717, 1.165) is 43.7 Å². The van der Waals surface area contributed by atoms with Crippen LogP contribution in [0.15, 0.2) is 6.07 Å². The number of aromatic nitrogens is 1. The number of ketones is 1. The average molecular weight is 301 g/mol. The van der Waals surface area contributed by atoms with Crippen LogP contribution < -0.4 is 10.6 Å². The second kappa shape index (κ2) is 7.12. The molecule has 1 aromatic heterocycles. The van der Waals surface area contributed by atoms with E-state index in [1.807, 2.05) is 6.07 Å². The summed E-state index contributed by atoms with van der Waals surface area (Å²) in [4.78, 5) is 17.0. The Morgan fingerprint density at radius 1 is 1.36 bits per heavy atom. The maximum Gasteiger partial charge on any atom is 0.181 e. The first-order valence-electron chi connectivity index (χ1n) is 8.85. The molecule has 0 amide bonds. The molecule has 0 aromatic carbocycles. The van der Waals surface area contributed by atoms with Gasteiger partial charge in [-0.05, 0) is 43.7 Å². The summed E-state index contributed by atoms with van der Waals surface area (Å²) in [6, 6.07) is 2.53. The van der Waals surface area contributed by atoms with Crippen molar-refractivity contribution in [2.24, 2.45) is 0 Å². The van der Waals surface area contributed by atoms with Crippen molar-refractivity contribution in [3.8, 4) is 0 Å². The molecule has 1 aromatic rings. The van der Waals surface area contributed by atoms with Gasteiger partial charge >= 0.3 is 0 Å². The van der Waals surface area contributed by atoms with Crippen molar-refractivity contribution in [2.45, 2.75) is 70.8 Å². The largest absolute Gasteiger partial charge is 0.382 e. The molecule has 2 aliphatic rings. The van der Waals surface area contributed by atoms with E-state index in [0.29, 0.717) is 18.2 Å². The lowest BCUT2D eigenvalue weighted by atomic mass is 10.0. The van der Waals surface area contributed by atoms with E-state index in [4.69, 9.17) is 0 Å². The monoisotopic (exact) mass is 301 g/mol. The third-order valence-electron chi connectivity index (χ3n) is 4.76. The number of fused-ring (bicyclic) bond motifs is 1. The number of hydrogen-bond acceptors (Lipinski definition) is 4. The van der Waals surface area contributed by atoms with Gasteiger partial charge in [-0.1, -0.05) is 26.2 Å². The highest BCUT2D eigenvalue weighted by atomic mass is 16.1. The average Bonchev–Trinajstić information content (AvgIpc) is 3.05. The maximum atomic E-state index is 12.4. The Labute approximate surface area is 133 Å². The zero-order valence-electron chi connectivity index (χ0n) is 13.6. The quantitative estimate of drug-likeness (QED) is 0.774. The second-order valence-electron chi connectivity index (χ2n) is 6.57. The number of rotatable bonds is 6. The molecular weight excluding hydrogens is 274 g/mol. The number of carbonyl (C=O) groups excluding carboxylic acids is 1. The topological polar surface area (TPSA) is 54.0 Å². The van der Waals surface area contributed by atoms with Gasteiger partial charge in [0.25, 0.3) is 0 Å². The lowest BCUT2D eigenvalue weighted by Crippen LogP contribution is -2.21. The number of aryl methyl sites for hydroxylation is 1. The highest BCUT2D eigenvalue weighted by Crippen LogP contribution is 2.32. The number of nitrogens with zero attached hydrogens (tertiary/aromatic N) is 1. The molecular formula is C18H27N3O. The molecule has 2 N–H and O–H groups in total. The summed E-state index contributed by atoms with van der Waals surface area (Å²) >= 11 is 0. The zero-order chi connectivity index (χ0) is 15.4. The van der Waals surface area contributed by atoms with E-state index in [1.165, 1.54) is 31.2 Å². The number of pyridine rings is 1. The maximum absolute atomic E-state index is 12.4. The molecule has 1 aliphatic carbocycles. The minimum Gasteiger partial charge on any atom is -0.382 e. The first-order chi connectivity index (χ1) is 10.8. The number of anilines is 2. The Balaban J connectivity index is 1.86. The third kappa shape index (κ3) is 3.42. The van der Waals surface area contributed by atoms with Crippen LogP contribution in [0.25, 0.3) is 0 Å². The van der Waals surface area contributed by atoms with Crippen molar-refractivity contribution >= 4 is 17.3 Å². The number of nitrogens with one attached hydrogen (secondary N) is 2. The predicted molar refractivity (Wildman–Crippen MR) is 90.8 cm³/mol. The molecule has 0 radical (unpaired) electrons. The Morgan fingerprint density at radius 3 is 2.95 bits per heavy atom. The minimum atomic E-state index is 0.185. The Kier molecular flexibility index (Phi) is 4.96. The smallest absolute Gasteiger partial charge is 0.181 e. The standard InChI is InChI=1S/C18H27N3O/c1-2-3-10-16(22)15-12-13-7-6-11-19-17(13)18(21-15)20-14-8-4-5-9-14/h12,14,19H,2-11H2,1H3,(H,20,21). The van der Waals surface area contributed by atoms with Crippen LogP contribution in [0.1, 0.15) is 74.3 Å². The van der Waals surface area contributed by atoms with Gasteiger partial charge < -0.3 is 10.6 Å². The molecule has 4 nitrogen and oxygen atoms in total. The van der Waals surface area contributed by atoms with E-state index in [2.05, 4.69) is 22.5 Å². The normalized spacial score (nSPS) is 17.9. The molecule has 1 fully saturated rings. The van der Waals surface area contributed by atoms with Crippen LogP contribution >= 0.6 is 0 Å². The Bertz CT molecular complexity index is 535. The summed E-state index contributed by atoms with van der Waals surface area (Å²) < 4.78 is 0. The van der Waals surface area contributed by atoms with E-state index in [1.54, 1.807) is 0 Å². The van der Waals surface area contributed by atoms with Crippen molar-refractivity contribution < 1.29 is 4.79 Å². The molecule has 3 rings (SSSR count). The van der Waals surface area contributed by atoms with Crippen molar-refractivity contribution in [2.75, 3.05) is 17.2 Å². The van der Waals surface area contributed by atoms with Crippen LogP contribution in [0.4, 0.5) is 11.5 Å². The lowest BCUT2D eigenvalue weighted by molar-refractivity contribution is 0.0975. The van der Waals surface area contributed by atoms with Gasteiger partial charge in [0.2, 0.25) is 0 Å². The van der Waals surface area contributed by atoms with E-state index in [-0.39, 0.29) is 5.78 Å². The van der Waals surface area contributed by atoms with Gasteiger partial charge in [0.1, 0.15) is 5.69 Å². The molecule has 120 valence electrons. The summed E-state index contributed by atoms with van der Waals surface area (Å²) in [5.74, 6) is 1.09. The van der Waals surface area contributed by atoms with Crippen LogP contribution in [0.2, 0.25) is 0 Å². The van der Waals surface area contributed by atoms with Crippen LogP contribution in [0, 0.1) is 0 Å². The van der Waals surface area contributed by atoms with E-state index < -0.39 is 0 Å². The third-order valence-corrected chi connectivity index (χ3v) is 4.76. The first-order valence-corrected chi connectivity index (χ1v) is 8.85. The first kappa shape index (κ1) is 15.3.